The summed E-state index contributed by atoms with van der Waals surface area (Å²) < 4.78 is 47.9. The van der Waals surface area contributed by atoms with Crippen LogP contribution in [0, 0.1) is 23.4 Å². The van der Waals surface area contributed by atoms with Crippen LogP contribution in [0.4, 0.5) is 13.2 Å². The number of hydrogen-bond acceptors (Lipinski definition) is 1. The van der Waals surface area contributed by atoms with E-state index in [0.29, 0.717) is 41.6 Å². The van der Waals surface area contributed by atoms with Crippen molar-refractivity contribution < 1.29 is 17.9 Å². The average Bonchev–Trinajstić information content (AvgIpc) is 3.56. The van der Waals surface area contributed by atoms with E-state index >= 15 is 0 Å². The van der Waals surface area contributed by atoms with Gasteiger partial charge in [-0.3, -0.25) is 0 Å². The Hall–Kier alpha value is -2.07. The number of aryl methyl sites for hydroxylation is 1. The summed E-state index contributed by atoms with van der Waals surface area (Å²) in [4.78, 5) is 0. The molecule has 0 N–H and O–H groups in total. The third-order valence-electron chi connectivity index (χ3n) is 6.21. The summed E-state index contributed by atoms with van der Waals surface area (Å²) in [5.74, 6) is -0.953. The number of ether oxygens (including phenoxy) is 1. The van der Waals surface area contributed by atoms with E-state index in [-0.39, 0.29) is 11.9 Å². The maximum Gasteiger partial charge on any atom is 0.166 e. The van der Waals surface area contributed by atoms with Crippen molar-refractivity contribution in [2.24, 2.45) is 5.92 Å². The number of benzene rings is 2. The highest BCUT2D eigenvalue weighted by Gasteiger charge is 2.29. The molecule has 2 fully saturated rings. The molecule has 1 heterocycles. The first-order chi connectivity index (χ1) is 14.1. The Bertz CT molecular complexity index is 893. The van der Waals surface area contributed by atoms with Gasteiger partial charge < -0.3 is 4.74 Å². The van der Waals surface area contributed by atoms with E-state index < -0.39 is 11.6 Å². The molecule has 2 aromatic carbocycles. The normalized spacial score (nSPS) is 24.2. The zero-order chi connectivity index (χ0) is 20.4. The molecule has 1 unspecified atom stereocenters. The van der Waals surface area contributed by atoms with Gasteiger partial charge in [0.05, 0.1) is 6.61 Å². The van der Waals surface area contributed by atoms with E-state index in [0.717, 1.165) is 37.7 Å². The number of epoxide rings is 1. The van der Waals surface area contributed by atoms with E-state index in [1.165, 1.54) is 0 Å². The highest BCUT2D eigenvalue weighted by atomic mass is 19.2. The van der Waals surface area contributed by atoms with E-state index in [1.807, 2.05) is 25.1 Å². The molecule has 0 amide bonds. The van der Waals surface area contributed by atoms with E-state index in [2.05, 4.69) is 0 Å². The van der Waals surface area contributed by atoms with Gasteiger partial charge in [0.2, 0.25) is 0 Å². The Morgan fingerprint density at radius 3 is 2.41 bits per heavy atom. The molecule has 0 radical (unpaired) electrons. The summed E-state index contributed by atoms with van der Waals surface area (Å²) in [6.07, 6.45) is 8.86. The maximum atomic E-state index is 14.3. The molecule has 4 heteroatoms. The summed E-state index contributed by atoms with van der Waals surface area (Å²) >= 11 is 0. The fourth-order valence-electron chi connectivity index (χ4n) is 4.37. The van der Waals surface area contributed by atoms with Crippen LogP contribution < -0.4 is 0 Å². The first-order valence-electron chi connectivity index (χ1n) is 10.6. The van der Waals surface area contributed by atoms with Crippen LogP contribution in [0.1, 0.15) is 73.3 Å². The lowest BCUT2D eigenvalue weighted by Crippen LogP contribution is -2.12. The van der Waals surface area contributed by atoms with Crippen LogP contribution in [0.2, 0.25) is 0 Å². The Balaban J connectivity index is 1.36. The summed E-state index contributed by atoms with van der Waals surface area (Å²) in [7, 11) is 0. The SMILES string of the molecule is CCCc1ccc(/C=C/C2CCC(c3ccc(C4CO4)c(F)c3)CC2)c(F)c1F. The largest absolute Gasteiger partial charge is 0.368 e. The fourth-order valence-corrected chi connectivity index (χ4v) is 4.37. The Morgan fingerprint density at radius 2 is 1.76 bits per heavy atom. The monoisotopic (exact) mass is 400 g/mol. The van der Waals surface area contributed by atoms with Crippen molar-refractivity contribution in [3.63, 3.8) is 0 Å². The van der Waals surface area contributed by atoms with Crippen LogP contribution in [0.3, 0.4) is 0 Å². The Kier molecular flexibility index (Phi) is 6.09. The molecule has 1 saturated heterocycles. The first kappa shape index (κ1) is 20.2. The molecule has 0 bridgehead atoms. The van der Waals surface area contributed by atoms with Crippen molar-refractivity contribution in [1.29, 1.82) is 0 Å². The van der Waals surface area contributed by atoms with Crippen LogP contribution in [-0.2, 0) is 11.2 Å². The van der Waals surface area contributed by atoms with Gasteiger partial charge >= 0.3 is 0 Å². The van der Waals surface area contributed by atoms with Crippen molar-refractivity contribution in [1.82, 2.24) is 0 Å². The molecular formula is C25H27F3O. The topological polar surface area (TPSA) is 12.5 Å². The lowest BCUT2D eigenvalue weighted by Gasteiger charge is -2.27. The number of rotatable bonds is 6. The number of allylic oxidation sites excluding steroid dienone is 1. The lowest BCUT2D eigenvalue weighted by atomic mass is 9.78. The number of hydrogen-bond donors (Lipinski definition) is 0. The molecule has 1 aliphatic heterocycles. The van der Waals surface area contributed by atoms with E-state index in [4.69, 9.17) is 4.74 Å². The van der Waals surface area contributed by atoms with E-state index in [9.17, 15) is 13.2 Å². The standard InChI is InChI=1S/C25H27F3O/c1-2-3-18-10-11-19(25(28)24(18)27)9-6-16-4-7-17(8-5-16)20-12-13-21(22(26)14-20)23-15-29-23/h6,9-14,16-17,23H,2-5,7-8,15H2,1H3/b9-6+. The van der Waals surface area contributed by atoms with Crippen molar-refractivity contribution in [3.8, 4) is 0 Å². The van der Waals surface area contributed by atoms with Crippen LogP contribution >= 0.6 is 0 Å². The predicted octanol–water partition coefficient (Wildman–Crippen LogP) is 7.11. The maximum absolute atomic E-state index is 14.3. The molecule has 1 atom stereocenters. The molecule has 2 aliphatic rings. The highest BCUT2D eigenvalue weighted by molar-refractivity contribution is 5.51. The minimum atomic E-state index is -0.754. The average molecular weight is 400 g/mol. The summed E-state index contributed by atoms with van der Waals surface area (Å²) in [5, 5.41) is 0. The summed E-state index contributed by atoms with van der Waals surface area (Å²) in [6, 6.07) is 8.89. The van der Waals surface area contributed by atoms with Crippen LogP contribution in [0.15, 0.2) is 36.4 Å². The lowest BCUT2D eigenvalue weighted by molar-refractivity contribution is 0.375. The molecule has 154 valence electrons. The van der Waals surface area contributed by atoms with Crippen LogP contribution in [0.5, 0.6) is 0 Å². The zero-order valence-corrected chi connectivity index (χ0v) is 16.8. The molecule has 2 aromatic rings. The second-order valence-electron chi connectivity index (χ2n) is 8.27. The minimum absolute atomic E-state index is 0.0637. The van der Waals surface area contributed by atoms with Crippen molar-refractivity contribution in [2.45, 2.75) is 57.5 Å². The van der Waals surface area contributed by atoms with Gasteiger partial charge in [-0.1, -0.05) is 49.8 Å². The molecule has 0 spiro atoms. The van der Waals surface area contributed by atoms with Crippen molar-refractivity contribution >= 4 is 6.08 Å². The third-order valence-corrected chi connectivity index (χ3v) is 6.21. The Morgan fingerprint density at radius 1 is 1.00 bits per heavy atom. The molecule has 1 nitrogen and oxygen atoms in total. The molecule has 29 heavy (non-hydrogen) atoms. The molecule has 4 rings (SSSR count). The van der Waals surface area contributed by atoms with Crippen LogP contribution in [0.25, 0.3) is 6.08 Å². The molecular weight excluding hydrogens is 373 g/mol. The van der Waals surface area contributed by atoms with Crippen molar-refractivity contribution in [2.75, 3.05) is 6.61 Å². The smallest absolute Gasteiger partial charge is 0.166 e. The van der Waals surface area contributed by atoms with Gasteiger partial charge in [0.25, 0.3) is 0 Å². The quantitative estimate of drug-likeness (QED) is 0.471. The molecule has 0 aromatic heterocycles. The summed E-state index contributed by atoms with van der Waals surface area (Å²) in [5.41, 5.74) is 2.46. The van der Waals surface area contributed by atoms with Crippen molar-refractivity contribution in [3.05, 3.63) is 76.1 Å². The molecule has 1 saturated carbocycles. The second kappa shape index (κ2) is 8.74. The second-order valence-corrected chi connectivity index (χ2v) is 8.27. The van der Waals surface area contributed by atoms with Crippen LogP contribution in [-0.4, -0.2) is 6.61 Å². The van der Waals surface area contributed by atoms with Gasteiger partial charge in [0.15, 0.2) is 11.6 Å². The van der Waals surface area contributed by atoms with E-state index in [1.54, 1.807) is 24.3 Å². The van der Waals surface area contributed by atoms with Gasteiger partial charge in [0.1, 0.15) is 11.9 Å². The van der Waals surface area contributed by atoms with Gasteiger partial charge in [-0.15, -0.1) is 0 Å². The fraction of sp³-hybridized carbons (Fsp3) is 0.440. The first-order valence-corrected chi connectivity index (χ1v) is 10.6. The van der Waals surface area contributed by atoms with Gasteiger partial charge in [-0.2, -0.15) is 0 Å². The number of halogens is 3. The Labute approximate surface area is 170 Å². The summed E-state index contributed by atoms with van der Waals surface area (Å²) in [6.45, 7) is 2.56. The molecule has 1 aliphatic carbocycles. The predicted molar refractivity (Wildman–Crippen MR) is 109 cm³/mol. The van der Waals surface area contributed by atoms with Gasteiger partial charge in [-0.25, -0.2) is 13.2 Å². The zero-order valence-electron chi connectivity index (χ0n) is 16.8. The van der Waals surface area contributed by atoms with Gasteiger partial charge in [0, 0.05) is 11.1 Å². The minimum Gasteiger partial charge on any atom is -0.368 e. The third kappa shape index (κ3) is 4.58. The highest BCUT2D eigenvalue weighted by Crippen LogP contribution is 2.39. The van der Waals surface area contributed by atoms with Gasteiger partial charge in [-0.05, 0) is 61.1 Å².